The molecule has 0 radical (unpaired) electrons. The molecule has 0 rings (SSSR count). The number of hydrogen-bond donors (Lipinski definition) is 2. The van der Waals surface area contributed by atoms with Crippen molar-refractivity contribution in [3.05, 3.63) is 0 Å². The number of nitrogens with two attached hydrogens (primary N) is 1. The molecular formula is C12H24N2O3. The van der Waals surface area contributed by atoms with Crippen LogP contribution >= 0.6 is 0 Å². The lowest BCUT2D eigenvalue weighted by atomic mass is 10.0. The number of carbonyl (C=O) groups excluding carboxylic acids is 1. The van der Waals surface area contributed by atoms with Crippen molar-refractivity contribution in [3.63, 3.8) is 0 Å². The highest BCUT2D eigenvalue weighted by Gasteiger charge is 2.25. The van der Waals surface area contributed by atoms with Crippen LogP contribution in [0.3, 0.4) is 0 Å². The summed E-state index contributed by atoms with van der Waals surface area (Å²) in [6.07, 6.45) is 0.539. The van der Waals surface area contributed by atoms with E-state index < -0.39 is 12.0 Å². The number of rotatable bonds is 7. The monoisotopic (exact) mass is 244 g/mol. The second-order valence-corrected chi connectivity index (χ2v) is 4.89. The zero-order valence-corrected chi connectivity index (χ0v) is 11.1. The van der Waals surface area contributed by atoms with Crippen molar-refractivity contribution in [1.82, 2.24) is 4.90 Å². The minimum atomic E-state index is -0.839. The molecule has 5 heteroatoms. The first-order chi connectivity index (χ1) is 7.77. The van der Waals surface area contributed by atoms with E-state index >= 15 is 0 Å². The van der Waals surface area contributed by atoms with Gasteiger partial charge in [-0.1, -0.05) is 13.8 Å². The van der Waals surface area contributed by atoms with Gasteiger partial charge in [0.25, 0.3) is 0 Å². The van der Waals surface area contributed by atoms with E-state index in [1.807, 2.05) is 27.7 Å². The average molecular weight is 244 g/mol. The van der Waals surface area contributed by atoms with Crippen LogP contribution in [0.1, 0.15) is 40.5 Å². The molecule has 0 bridgehead atoms. The van der Waals surface area contributed by atoms with E-state index in [4.69, 9.17) is 10.8 Å². The topological polar surface area (TPSA) is 83.6 Å². The van der Waals surface area contributed by atoms with Crippen molar-refractivity contribution in [2.45, 2.75) is 52.6 Å². The fourth-order valence-corrected chi connectivity index (χ4v) is 1.50. The molecular weight excluding hydrogens is 220 g/mol. The molecule has 0 spiro atoms. The Labute approximate surface area is 103 Å². The van der Waals surface area contributed by atoms with Gasteiger partial charge in [-0.05, 0) is 26.2 Å². The summed E-state index contributed by atoms with van der Waals surface area (Å²) in [7, 11) is 0. The van der Waals surface area contributed by atoms with Crippen LogP contribution in [0, 0.1) is 5.92 Å². The molecule has 0 aliphatic carbocycles. The molecule has 0 aromatic rings. The molecule has 0 aliphatic rings. The van der Waals surface area contributed by atoms with E-state index in [-0.39, 0.29) is 24.3 Å². The van der Waals surface area contributed by atoms with Gasteiger partial charge in [-0.25, -0.2) is 0 Å². The first kappa shape index (κ1) is 15.9. The number of nitrogens with zero attached hydrogens (tertiary/aromatic N) is 1. The molecule has 0 aromatic carbocycles. The van der Waals surface area contributed by atoms with E-state index in [0.29, 0.717) is 13.0 Å². The van der Waals surface area contributed by atoms with Crippen molar-refractivity contribution in [2.75, 3.05) is 6.54 Å². The highest BCUT2D eigenvalue weighted by molar-refractivity contribution is 5.82. The van der Waals surface area contributed by atoms with Gasteiger partial charge in [0, 0.05) is 19.0 Å². The first-order valence-electron chi connectivity index (χ1n) is 6.05. The quantitative estimate of drug-likeness (QED) is 0.701. The zero-order chi connectivity index (χ0) is 13.6. The van der Waals surface area contributed by atoms with Crippen LogP contribution in [-0.2, 0) is 9.59 Å². The smallest absolute Gasteiger partial charge is 0.303 e. The first-order valence-corrected chi connectivity index (χ1v) is 6.05. The van der Waals surface area contributed by atoms with Gasteiger partial charge in [0.2, 0.25) is 5.91 Å². The second kappa shape index (κ2) is 7.27. The van der Waals surface area contributed by atoms with Crippen LogP contribution in [0.5, 0.6) is 0 Å². The van der Waals surface area contributed by atoms with Crippen molar-refractivity contribution in [2.24, 2.45) is 11.7 Å². The number of aliphatic carboxylic acids is 1. The van der Waals surface area contributed by atoms with Crippen molar-refractivity contribution < 1.29 is 14.7 Å². The average Bonchev–Trinajstić information content (AvgIpc) is 2.21. The molecule has 1 atom stereocenters. The normalized spacial score (nSPS) is 12.9. The summed E-state index contributed by atoms with van der Waals surface area (Å²) >= 11 is 0. The third kappa shape index (κ3) is 5.68. The van der Waals surface area contributed by atoms with Gasteiger partial charge in [-0.15, -0.1) is 0 Å². The van der Waals surface area contributed by atoms with Crippen molar-refractivity contribution in [3.8, 4) is 0 Å². The van der Waals surface area contributed by atoms with E-state index in [9.17, 15) is 9.59 Å². The third-order valence-electron chi connectivity index (χ3n) is 2.70. The summed E-state index contributed by atoms with van der Waals surface area (Å²) in [6, 6.07) is -0.469. The fourth-order valence-electron chi connectivity index (χ4n) is 1.50. The van der Waals surface area contributed by atoms with E-state index in [2.05, 4.69) is 0 Å². The number of carboxylic acids is 1. The minimum Gasteiger partial charge on any atom is -0.481 e. The maximum absolute atomic E-state index is 12.1. The Morgan fingerprint density at radius 2 is 1.76 bits per heavy atom. The molecule has 0 unspecified atom stereocenters. The standard InChI is InChI=1S/C12H24N2O3/c1-8(2)11(13)12(17)14(9(3)4)7-5-6-10(15)16/h8-9,11H,5-7,13H2,1-4H3,(H,15,16)/t11-/m0/s1. The molecule has 0 aromatic heterocycles. The zero-order valence-electron chi connectivity index (χ0n) is 11.1. The highest BCUT2D eigenvalue weighted by atomic mass is 16.4. The Hall–Kier alpha value is -1.10. The highest BCUT2D eigenvalue weighted by Crippen LogP contribution is 2.08. The predicted octanol–water partition coefficient (Wildman–Crippen LogP) is 1.07. The Kier molecular flexibility index (Phi) is 6.80. The molecule has 0 fully saturated rings. The van der Waals surface area contributed by atoms with Gasteiger partial charge in [-0.3, -0.25) is 9.59 Å². The van der Waals surface area contributed by atoms with Crippen LogP contribution in [0.2, 0.25) is 0 Å². The molecule has 1 amide bonds. The maximum atomic E-state index is 12.1. The van der Waals surface area contributed by atoms with Crippen molar-refractivity contribution in [1.29, 1.82) is 0 Å². The molecule has 100 valence electrons. The molecule has 0 saturated heterocycles. The third-order valence-corrected chi connectivity index (χ3v) is 2.70. The van der Waals surface area contributed by atoms with Crippen LogP contribution in [0.4, 0.5) is 0 Å². The lowest BCUT2D eigenvalue weighted by Crippen LogP contribution is -2.49. The summed E-state index contributed by atoms with van der Waals surface area (Å²) in [5.74, 6) is -0.849. The summed E-state index contributed by atoms with van der Waals surface area (Å²) in [5, 5.41) is 8.57. The Morgan fingerprint density at radius 1 is 1.24 bits per heavy atom. The molecule has 17 heavy (non-hydrogen) atoms. The van der Waals surface area contributed by atoms with E-state index in [1.54, 1.807) is 4.90 Å². The SMILES string of the molecule is CC(C)[C@H](N)C(=O)N(CCCC(=O)O)C(C)C. The largest absolute Gasteiger partial charge is 0.481 e. The van der Waals surface area contributed by atoms with Crippen LogP contribution in [-0.4, -0.2) is 40.5 Å². The molecule has 0 saturated carbocycles. The number of amides is 1. The lowest BCUT2D eigenvalue weighted by Gasteiger charge is -2.30. The van der Waals surface area contributed by atoms with Gasteiger partial charge < -0.3 is 15.7 Å². The summed E-state index contributed by atoms with van der Waals surface area (Å²) in [5.41, 5.74) is 5.82. The summed E-state index contributed by atoms with van der Waals surface area (Å²) in [6.45, 7) is 8.07. The summed E-state index contributed by atoms with van der Waals surface area (Å²) in [4.78, 5) is 24.2. The van der Waals surface area contributed by atoms with Gasteiger partial charge in [0.05, 0.1) is 6.04 Å². The van der Waals surface area contributed by atoms with Gasteiger partial charge in [0.15, 0.2) is 0 Å². The summed E-state index contributed by atoms with van der Waals surface area (Å²) < 4.78 is 0. The predicted molar refractivity (Wildman–Crippen MR) is 66.5 cm³/mol. The molecule has 0 heterocycles. The number of hydrogen-bond acceptors (Lipinski definition) is 3. The maximum Gasteiger partial charge on any atom is 0.303 e. The Morgan fingerprint density at radius 3 is 2.12 bits per heavy atom. The number of carboxylic acid groups (broad SMARTS) is 1. The minimum absolute atomic E-state index is 0.0427. The van der Waals surface area contributed by atoms with Crippen LogP contribution in [0.15, 0.2) is 0 Å². The lowest BCUT2D eigenvalue weighted by molar-refractivity contribution is -0.139. The molecule has 0 aliphatic heterocycles. The second-order valence-electron chi connectivity index (χ2n) is 4.89. The fraction of sp³-hybridized carbons (Fsp3) is 0.833. The number of carbonyl (C=O) groups is 2. The van der Waals surface area contributed by atoms with E-state index in [0.717, 1.165) is 0 Å². The van der Waals surface area contributed by atoms with Gasteiger partial charge >= 0.3 is 5.97 Å². The van der Waals surface area contributed by atoms with Crippen LogP contribution in [0.25, 0.3) is 0 Å². The molecule has 5 nitrogen and oxygen atoms in total. The van der Waals surface area contributed by atoms with Gasteiger partial charge in [-0.2, -0.15) is 0 Å². The Balaban J connectivity index is 4.42. The van der Waals surface area contributed by atoms with Crippen LogP contribution < -0.4 is 5.73 Å². The van der Waals surface area contributed by atoms with Crippen molar-refractivity contribution >= 4 is 11.9 Å². The molecule has 3 N–H and O–H groups in total. The van der Waals surface area contributed by atoms with Gasteiger partial charge in [0.1, 0.15) is 0 Å². The Bertz CT molecular complexity index is 264. The van der Waals surface area contributed by atoms with E-state index in [1.165, 1.54) is 0 Å².